The Labute approximate surface area is 101 Å². The molecule has 3 heteroatoms. The number of hydrogen-bond donors (Lipinski definition) is 2. The van der Waals surface area contributed by atoms with Crippen molar-refractivity contribution in [2.45, 2.75) is 26.3 Å². The van der Waals surface area contributed by atoms with Gasteiger partial charge in [-0.3, -0.25) is 4.79 Å². The Balaban J connectivity index is 2.41. The molecule has 17 heavy (non-hydrogen) atoms. The van der Waals surface area contributed by atoms with Gasteiger partial charge in [0.2, 0.25) is 0 Å². The van der Waals surface area contributed by atoms with Gasteiger partial charge in [-0.1, -0.05) is 18.2 Å². The molecule has 1 atom stereocenters. The van der Waals surface area contributed by atoms with E-state index in [0.29, 0.717) is 0 Å². The van der Waals surface area contributed by atoms with Crippen molar-refractivity contribution in [3.05, 3.63) is 35.5 Å². The highest BCUT2D eigenvalue weighted by Gasteiger charge is 2.16. The summed E-state index contributed by atoms with van der Waals surface area (Å²) in [6.07, 6.45) is 0.738. The summed E-state index contributed by atoms with van der Waals surface area (Å²) in [6.45, 7) is 3.69. The Morgan fingerprint density at radius 1 is 1.41 bits per heavy atom. The molecule has 3 nitrogen and oxygen atoms in total. The molecule has 0 unspecified atom stereocenters. The lowest BCUT2D eigenvalue weighted by Gasteiger charge is -2.12. The first-order valence-corrected chi connectivity index (χ1v) is 5.87. The van der Waals surface area contributed by atoms with Crippen LogP contribution in [0.1, 0.15) is 18.2 Å². The number of fused-ring (bicyclic) bond motifs is 1. The minimum Gasteiger partial charge on any atom is -0.358 e. The lowest BCUT2D eigenvalue weighted by atomic mass is 10.0. The van der Waals surface area contributed by atoms with Crippen LogP contribution in [0.5, 0.6) is 0 Å². The van der Waals surface area contributed by atoms with Crippen molar-refractivity contribution >= 4 is 16.7 Å². The molecule has 0 saturated heterocycles. The van der Waals surface area contributed by atoms with E-state index in [0.717, 1.165) is 17.6 Å². The zero-order chi connectivity index (χ0) is 12.4. The fourth-order valence-electron chi connectivity index (χ4n) is 2.25. The number of ketones is 1. The number of carbonyl (C=O) groups is 1. The maximum atomic E-state index is 11.5. The van der Waals surface area contributed by atoms with Crippen molar-refractivity contribution in [3.63, 3.8) is 0 Å². The molecule has 2 aromatic rings. The van der Waals surface area contributed by atoms with E-state index in [1.165, 1.54) is 10.9 Å². The molecular formula is C14H18N2O. The molecule has 0 fully saturated rings. The van der Waals surface area contributed by atoms with Crippen LogP contribution in [-0.2, 0) is 11.2 Å². The van der Waals surface area contributed by atoms with Gasteiger partial charge in [0.1, 0.15) is 5.78 Å². The van der Waals surface area contributed by atoms with Crippen molar-refractivity contribution in [2.75, 3.05) is 7.05 Å². The van der Waals surface area contributed by atoms with Crippen molar-refractivity contribution in [3.8, 4) is 0 Å². The van der Waals surface area contributed by atoms with Crippen LogP contribution in [0.2, 0.25) is 0 Å². The van der Waals surface area contributed by atoms with Gasteiger partial charge in [-0.15, -0.1) is 0 Å². The molecule has 0 aliphatic carbocycles. The highest BCUT2D eigenvalue weighted by Crippen LogP contribution is 2.23. The van der Waals surface area contributed by atoms with E-state index < -0.39 is 0 Å². The maximum absolute atomic E-state index is 11.5. The zero-order valence-electron chi connectivity index (χ0n) is 10.5. The minimum atomic E-state index is -0.104. The molecule has 0 aliphatic heterocycles. The monoisotopic (exact) mass is 230 g/mol. The van der Waals surface area contributed by atoms with Crippen LogP contribution in [0.25, 0.3) is 10.9 Å². The number of aryl methyl sites for hydroxylation is 1. The number of H-pyrrole nitrogens is 1. The zero-order valence-corrected chi connectivity index (χ0v) is 10.5. The van der Waals surface area contributed by atoms with Gasteiger partial charge >= 0.3 is 0 Å². The standard InChI is InChI=1S/C14H18N2O/c1-9-12(8-14(15-3)10(2)17)11-6-4-5-7-13(11)16-9/h4-7,14-16H,8H2,1-3H3/t14-/m0/s1. The third-order valence-corrected chi connectivity index (χ3v) is 3.27. The van der Waals surface area contributed by atoms with E-state index in [-0.39, 0.29) is 11.8 Å². The first-order chi connectivity index (χ1) is 8.13. The fraction of sp³-hybridized carbons (Fsp3) is 0.357. The topological polar surface area (TPSA) is 44.9 Å². The second-order valence-electron chi connectivity index (χ2n) is 4.43. The van der Waals surface area contributed by atoms with E-state index in [2.05, 4.69) is 29.4 Å². The second-order valence-corrected chi connectivity index (χ2v) is 4.43. The Kier molecular flexibility index (Phi) is 3.29. The molecule has 0 spiro atoms. The smallest absolute Gasteiger partial charge is 0.147 e. The van der Waals surface area contributed by atoms with Crippen LogP contribution in [0.3, 0.4) is 0 Å². The molecule has 2 N–H and O–H groups in total. The first kappa shape index (κ1) is 11.9. The number of likely N-dealkylation sites (N-methyl/N-ethyl adjacent to an activating group) is 1. The number of Topliss-reactive ketones (excluding diaryl/α,β-unsaturated/α-hetero) is 1. The van der Waals surface area contributed by atoms with Gasteiger partial charge in [-0.05, 0) is 38.9 Å². The molecule has 90 valence electrons. The summed E-state index contributed by atoms with van der Waals surface area (Å²) in [7, 11) is 1.83. The summed E-state index contributed by atoms with van der Waals surface area (Å²) >= 11 is 0. The van der Waals surface area contributed by atoms with Gasteiger partial charge in [0, 0.05) is 16.6 Å². The molecule has 0 bridgehead atoms. The lowest BCUT2D eigenvalue weighted by molar-refractivity contribution is -0.118. The molecule has 1 aromatic heterocycles. The molecule has 0 radical (unpaired) electrons. The lowest BCUT2D eigenvalue weighted by Crippen LogP contribution is -2.34. The van der Waals surface area contributed by atoms with Crippen LogP contribution >= 0.6 is 0 Å². The second kappa shape index (κ2) is 4.72. The normalized spacial score (nSPS) is 12.9. The van der Waals surface area contributed by atoms with Gasteiger partial charge in [0.05, 0.1) is 6.04 Å². The van der Waals surface area contributed by atoms with Crippen LogP contribution in [0.15, 0.2) is 24.3 Å². The highest BCUT2D eigenvalue weighted by atomic mass is 16.1. The minimum absolute atomic E-state index is 0.104. The third-order valence-electron chi connectivity index (χ3n) is 3.27. The number of para-hydroxylation sites is 1. The maximum Gasteiger partial charge on any atom is 0.147 e. The van der Waals surface area contributed by atoms with Crippen molar-refractivity contribution in [1.29, 1.82) is 0 Å². The summed E-state index contributed by atoms with van der Waals surface area (Å²) in [4.78, 5) is 14.8. The van der Waals surface area contributed by atoms with E-state index in [1.807, 2.05) is 19.2 Å². The Bertz CT molecular complexity index is 542. The van der Waals surface area contributed by atoms with Crippen molar-refractivity contribution in [1.82, 2.24) is 10.3 Å². The fourth-order valence-corrected chi connectivity index (χ4v) is 2.25. The van der Waals surface area contributed by atoms with Crippen molar-refractivity contribution in [2.24, 2.45) is 0 Å². The van der Waals surface area contributed by atoms with Crippen LogP contribution in [0.4, 0.5) is 0 Å². The summed E-state index contributed by atoms with van der Waals surface area (Å²) in [5.41, 5.74) is 3.52. The summed E-state index contributed by atoms with van der Waals surface area (Å²) in [5.74, 6) is 0.178. The summed E-state index contributed by atoms with van der Waals surface area (Å²) < 4.78 is 0. The molecule has 1 heterocycles. The summed E-state index contributed by atoms with van der Waals surface area (Å²) in [5, 5.41) is 4.28. The third kappa shape index (κ3) is 2.24. The van der Waals surface area contributed by atoms with Gasteiger partial charge in [-0.25, -0.2) is 0 Å². The Morgan fingerprint density at radius 2 is 2.12 bits per heavy atom. The molecule has 0 aliphatic rings. The van der Waals surface area contributed by atoms with E-state index in [4.69, 9.17) is 0 Å². The molecule has 1 aromatic carbocycles. The number of aromatic nitrogens is 1. The predicted octanol–water partition coefficient (Wildman–Crippen LogP) is 2.20. The van der Waals surface area contributed by atoms with Gasteiger partial charge < -0.3 is 10.3 Å². The van der Waals surface area contributed by atoms with Gasteiger partial charge in [0.15, 0.2) is 0 Å². The SMILES string of the molecule is CN[C@@H](Cc1c(C)[nH]c2ccccc12)C(C)=O. The number of hydrogen-bond acceptors (Lipinski definition) is 2. The first-order valence-electron chi connectivity index (χ1n) is 5.87. The molecule has 2 rings (SSSR count). The van der Waals surface area contributed by atoms with Gasteiger partial charge in [0.25, 0.3) is 0 Å². The average Bonchev–Trinajstić information content (AvgIpc) is 2.61. The number of nitrogens with one attached hydrogen (secondary N) is 2. The number of carbonyl (C=O) groups excluding carboxylic acids is 1. The predicted molar refractivity (Wildman–Crippen MR) is 70.3 cm³/mol. The molecular weight excluding hydrogens is 212 g/mol. The van der Waals surface area contributed by atoms with E-state index >= 15 is 0 Å². The number of rotatable bonds is 4. The summed E-state index contributed by atoms with van der Waals surface area (Å²) in [6, 6.07) is 8.10. The number of aromatic amines is 1. The van der Waals surface area contributed by atoms with E-state index in [9.17, 15) is 4.79 Å². The van der Waals surface area contributed by atoms with Gasteiger partial charge in [-0.2, -0.15) is 0 Å². The van der Waals surface area contributed by atoms with Crippen molar-refractivity contribution < 1.29 is 4.79 Å². The Hall–Kier alpha value is -1.61. The highest BCUT2D eigenvalue weighted by molar-refractivity contribution is 5.87. The quantitative estimate of drug-likeness (QED) is 0.845. The van der Waals surface area contributed by atoms with E-state index in [1.54, 1.807) is 6.92 Å². The Morgan fingerprint density at radius 3 is 2.76 bits per heavy atom. The average molecular weight is 230 g/mol. The molecule has 0 saturated carbocycles. The van der Waals surface area contributed by atoms with Crippen LogP contribution in [0, 0.1) is 6.92 Å². The van der Waals surface area contributed by atoms with Crippen LogP contribution in [-0.4, -0.2) is 23.9 Å². The number of benzene rings is 1. The largest absolute Gasteiger partial charge is 0.358 e. The van der Waals surface area contributed by atoms with Crippen LogP contribution < -0.4 is 5.32 Å². The molecule has 0 amide bonds.